The Morgan fingerprint density at radius 2 is 1.95 bits per heavy atom. The van der Waals surface area contributed by atoms with Crippen LogP contribution in [0, 0.1) is 0 Å². The van der Waals surface area contributed by atoms with Crippen LogP contribution >= 0.6 is 11.8 Å². The number of benzene rings is 1. The van der Waals surface area contributed by atoms with E-state index in [0.29, 0.717) is 6.54 Å². The minimum absolute atomic E-state index is 0.460. The summed E-state index contributed by atoms with van der Waals surface area (Å²) in [6, 6.07) is 10.7. The van der Waals surface area contributed by atoms with Gasteiger partial charge >= 0.3 is 0 Å². The van der Waals surface area contributed by atoms with Gasteiger partial charge < -0.3 is 10.3 Å². The molecular weight excluding hydrogens is 280 g/mol. The Morgan fingerprint density at radius 3 is 2.67 bits per heavy atom. The topological polar surface area (TPSA) is 56.7 Å². The van der Waals surface area contributed by atoms with Gasteiger partial charge in [-0.1, -0.05) is 49.0 Å². The van der Waals surface area contributed by atoms with Crippen molar-refractivity contribution in [2.45, 2.75) is 50.9 Å². The van der Waals surface area contributed by atoms with Crippen LogP contribution in [0.1, 0.15) is 37.6 Å². The maximum absolute atomic E-state index is 5.70. The van der Waals surface area contributed by atoms with E-state index in [4.69, 9.17) is 5.73 Å². The summed E-state index contributed by atoms with van der Waals surface area (Å²) in [6.45, 7) is 3.57. The molecule has 2 N–H and O–H groups in total. The van der Waals surface area contributed by atoms with E-state index in [1.165, 1.54) is 18.4 Å². The van der Waals surface area contributed by atoms with Crippen molar-refractivity contribution < 1.29 is 0 Å². The molecule has 2 aromatic rings. The van der Waals surface area contributed by atoms with Crippen molar-refractivity contribution >= 4 is 11.8 Å². The lowest BCUT2D eigenvalue weighted by Crippen LogP contribution is -2.09. The molecule has 0 aliphatic heterocycles. The van der Waals surface area contributed by atoms with Gasteiger partial charge in [-0.15, -0.1) is 10.2 Å². The summed E-state index contributed by atoms with van der Waals surface area (Å²) in [5.41, 5.74) is 7.12. The van der Waals surface area contributed by atoms with Crippen molar-refractivity contribution in [2.24, 2.45) is 5.73 Å². The predicted molar refractivity (Wildman–Crippen MR) is 88.3 cm³/mol. The van der Waals surface area contributed by atoms with E-state index in [2.05, 4.69) is 52.0 Å². The van der Waals surface area contributed by atoms with Gasteiger partial charge in [0.05, 0.1) is 6.54 Å². The lowest BCUT2D eigenvalue weighted by atomic mass is 10.1. The average Bonchev–Trinajstić information content (AvgIpc) is 2.91. The van der Waals surface area contributed by atoms with Crippen LogP contribution in [0.5, 0.6) is 0 Å². The molecule has 2 rings (SSSR count). The van der Waals surface area contributed by atoms with E-state index in [1.807, 2.05) is 0 Å². The van der Waals surface area contributed by atoms with Crippen LogP contribution in [-0.4, -0.2) is 20.5 Å². The first-order chi connectivity index (χ1) is 10.3. The summed E-state index contributed by atoms with van der Waals surface area (Å²) < 4.78 is 2.15. The second-order valence-corrected chi connectivity index (χ2v) is 6.11. The van der Waals surface area contributed by atoms with E-state index in [0.717, 1.165) is 36.1 Å². The highest BCUT2D eigenvalue weighted by Crippen LogP contribution is 2.19. The maximum atomic E-state index is 5.70. The number of nitrogens with zero attached hydrogens (tertiary/aromatic N) is 3. The van der Waals surface area contributed by atoms with Gasteiger partial charge in [-0.05, 0) is 31.2 Å². The molecule has 0 fully saturated rings. The molecule has 1 heterocycles. The molecular formula is C16H24N4S. The number of nitrogens with two attached hydrogens (primary N) is 1. The van der Waals surface area contributed by atoms with Gasteiger partial charge in [0, 0.05) is 12.3 Å². The smallest absolute Gasteiger partial charge is 0.191 e. The molecule has 0 atom stereocenters. The minimum Gasteiger partial charge on any atom is -0.324 e. The minimum atomic E-state index is 0.460. The molecule has 0 aliphatic rings. The Morgan fingerprint density at radius 1 is 1.14 bits per heavy atom. The summed E-state index contributed by atoms with van der Waals surface area (Å²) in [5, 5.41) is 9.44. The maximum Gasteiger partial charge on any atom is 0.191 e. The van der Waals surface area contributed by atoms with Gasteiger partial charge in [0.1, 0.15) is 5.82 Å². The summed E-state index contributed by atoms with van der Waals surface area (Å²) in [4.78, 5) is 0. The Hall–Kier alpha value is -1.33. The molecule has 114 valence electrons. The highest BCUT2D eigenvalue weighted by atomic mass is 32.2. The van der Waals surface area contributed by atoms with Gasteiger partial charge in [-0.25, -0.2) is 0 Å². The summed E-state index contributed by atoms with van der Waals surface area (Å²) in [7, 11) is 0. The van der Waals surface area contributed by atoms with Crippen LogP contribution in [0.15, 0.2) is 35.5 Å². The molecule has 0 spiro atoms. The van der Waals surface area contributed by atoms with Crippen LogP contribution < -0.4 is 5.73 Å². The zero-order chi connectivity index (χ0) is 14.9. The van der Waals surface area contributed by atoms with Gasteiger partial charge in [0.2, 0.25) is 0 Å². The molecule has 0 saturated heterocycles. The van der Waals surface area contributed by atoms with Crippen LogP contribution in [0.3, 0.4) is 0 Å². The first-order valence-electron chi connectivity index (χ1n) is 7.64. The number of hydrogen-bond acceptors (Lipinski definition) is 4. The Kier molecular flexibility index (Phi) is 6.76. The fraction of sp³-hybridized carbons (Fsp3) is 0.500. The molecule has 1 aromatic carbocycles. The number of rotatable bonds is 9. The van der Waals surface area contributed by atoms with Crippen LogP contribution in [-0.2, 0) is 19.5 Å². The molecule has 21 heavy (non-hydrogen) atoms. The van der Waals surface area contributed by atoms with Gasteiger partial charge in [-0.2, -0.15) is 0 Å². The quantitative estimate of drug-likeness (QED) is 0.570. The Bertz CT molecular complexity index is 524. The van der Waals surface area contributed by atoms with E-state index >= 15 is 0 Å². The van der Waals surface area contributed by atoms with E-state index in [9.17, 15) is 0 Å². The summed E-state index contributed by atoms with van der Waals surface area (Å²) in [5.74, 6) is 1.97. The van der Waals surface area contributed by atoms with Crippen molar-refractivity contribution in [3.05, 3.63) is 41.7 Å². The standard InChI is InChI=1S/C16H24N4S/c1-2-11-20-15(13-17)18-19-16(20)21-12-7-6-10-14-8-4-3-5-9-14/h3-5,8-9H,2,6-7,10-13,17H2,1H3. The third kappa shape index (κ3) is 4.86. The fourth-order valence-electron chi connectivity index (χ4n) is 2.26. The third-order valence-corrected chi connectivity index (χ3v) is 4.41. The lowest BCUT2D eigenvalue weighted by Gasteiger charge is -2.07. The largest absolute Gasteiger partial charge is 0.324 e. The predicted octanol–water partition coefficient (Wildman–Crippen LogP) is 3.26. The zero-order valence-corrected chi connectivity index (χ0v) is 13.5. The monoisotopic (exact) mass is 304 g/mol. The first-order valence-corrected chi connectivity index (χ1v) is 8.62. The van der Waals surface area contributed by atoms with Crippen molar-refractivity contribution in [1.82, 2.24) is 14.8 Å². The Labute approximate surface area is 131 Å². The average molecular weight is 304 g/mol. The van der Waals surface area contributed by atoms with Crippen molar-refractivity contribution in [1.29, 1.82) is 0 Å². The van der Waals surface area contributed by atoms with Gasteiger partial charge in [0.15, 0.2) is 5.16 Å². The van der Waals surface area contributed by atoms with Crippen LogP contribution in [0.2, 0.25) is 0 Å². The fourth-order valence-corrected chi connectivity index (χ4v) is 3.25. The number of thioether (sulfide) groups is 1. The van der Waals surface area contributed by atoms with Gasteiger partial charge in [0.25, 0.3) is 0 Å². The number of aromatic nitrogens is 3. The van der Waals surface area contributed by atoms with Crippen LogP contribution in [0.25, 0.3) is 0 Å². The van der Waals surface area contributed by atoms with Crippen molar-refractivity contribution in [3.63, 3.8) is 0 Å². The third-order valence-electron chi connectivity index (χ3n) is 3.36. The highest BCUT2D eigenvalue weighted by molar-refractivity contribution is 7.99. The molecule has 4 nitrogen and oxygen atoms in total. The second kappa shape index (κ2) is 8.85. The van der Waals surface area contributed by atoms with Crippen LogP contribution in [0.4, 0.5) is 0 Å². The number of unbranched alkanes of at least 4 members (excludes halogenated alkanes) is 1. The molecule has 0 radical (unpaired) electrons. The molecule has 0 unspecified atom stereocenters. The highest BCUT2D eigenvalue weighted by Gasteiger charge is 2.10. The Balaban J connectivity index is 1.74. The molecule has 0 bridgehead atoms. The second-order valence-electron chi connectivity index (χ2n) is 5.05. The van der Waals surface area contributed by atoms with Gasteiger partial charge in [-0.3, -0.25) is 0 Å². The summed E-state index contributed by atoms with van der Waals surface area (Å²) >= 11 is 1.79. The first kappa shape index (κ1) is 16.0. The number of hydrogen-bond donors (Lipinski definition) is 1. The van der Waals surface area contributed by atoms with Crippen molar-refractivity contribution in [2.75, 3.05) is 5.75 Å². The summed E-state index contributed by atoms with van der Waals surface area (Å²) in [6.07, 6.45) is 4.63. The SMILES string of the molecule is CCCn1c(CN)nnc1SCCCCc1ccccc1. The molecule has 0 amide bonds. The molecule has 1 aromatic heterocycles. The molecule has 0 aliphatic carbocycles. The molecule has 5 heteroatoms. The number of aryl methyl sites for hydroxylation is 1. The van der Waals surface area contributed by atoms with E-state index in [1.54, 1.807) is 11.8 Å². The van der Waals surface area contributed by atoms with E-state index < -0.39 is 0 Å². The zero-order valence-electron chi connectivity index (χ0n) is 12.7. The lowest BCUT2D eigenvalue weighted by molar-refractivity contribution is 0.592. The van der Waals surface area contributed by atoms with E-state index in [-0.39, 0.29) is 0 Å². The molecule has 0 saturated carbocycles. The van der Waals surface area contributed by atoms with Crippen molar-refractivity contribution in [3.8, 4) is 0 Å². The normalized spacial score (nSPS) is 11.0.